The van der Waals surface area contributed by atoms with Gasteiger partial charge < -0.3 is 13.8 Å². The van der Waals surface area contributed by atoms with E-state index in [2.05, 4.69) is 0 Å². The second kappa shape index (κ2) is 8.82. The molecule has 26 heavy (non-hydrogen) atoms. The number of rotatable bonds is 8. The Bertz CT molecular complexity index is 846. The fraction of sp³-hybridized carbons (Fsp3) is 0.316. The maximum Gasteiger partial charge on any atom is 0.306 e. The molecule has 0 aliphatic carbocycles. The molecule has 0 atom stereocenters. The first-order chi connectivity index (χ1) is 12.3. The van der Waals surface area contributed by atoms with E-state index in [0.29, 0.717) is 25.3 Å². The number of carbonyl (C=O) groups excluding carboxylic acids is 1. The van der Waals surface area contributed by atoms with E-state index in [1.807, 2.05) is 25.1 Å². The number of hydrogen-bond acceptors (Lipinski definition) is 5. The Morgan fingerprint density at radius 3 is 2.42 bits per heavy atom. The van der Waals surface area contributed by atoms with Crippen LogP contribution in [0.15, 0.2) is 48.5 Å². The summed E-state index contributed by atoms with van der Waals surface area (Å²) in [5.74, 6) is 0.107. The van der Waals surface area contributed by atoms with Crippen LogP contribution in [0.1, 0.15) is 21.5 Å². The minimum Gasteiger partial charge on any atom is -0.383 e. The van der Waals surface area contributed by atoms with Gasteiger partial charge in [0, 0.05) is 25.8 Å². The van der Waals surface area contributed by atoms with E-state index in [9.17, 15) is 13.2 Å². The van der Waals surface area contributed by atoms with Crippen LogP contribution >= 0.6 is 0 Å². The predicted molar refractivity (Wildman–Crippen MR) is 99.7 cm³/mol. The molecule has 0 fully saturated rings. The third-order valence-corrected chi connectivity index (χ3v) is 4.17. The molecule has 1 amide bonds. The summed E-state index contributed by atoms with van der Waals surface area (Å²) in [7, 11) is -2.02. The zero-order valence-corrected chi connectivity index (χ0v) is 16.0. The molecule has 2 rings (SSSR count). The molecule has 0 N–H and O–H groups in total. The van der Waals surface area contributed by atoms with Gasteiger partial charge in [0.05, 0.1) is 12.9 Å². The monoisotopic (exact) mass is 377 g/mol. The standard InChI is InChI=1S/C19H23NO5S/c1-15-7-9-17(10-8-15)19(21)20(11-12-24-2)14-16-5-4-6-18(13-16)25-26(3,22)23/h4-10,13H,11-12,14H2,1-3H3. The first-order valence-electron chi connectivity index (χ1n) is 8.12. The molecule has 0 aromatic heterocycles. The van der Waals surface area contributed by atoms with Crippen LogP contribution in [0.4, 0.5) is 0 Å². The van der Waals surface area contributed by atoms with Crippen LogP contribution in [0.25, 0.3) is 0 Å². The second-order valence-corrected chi connectivity index (χ2v) is 7.60. The van der Waals surface area contributed by atoms with Crippen molar-refractivity contribution >= 4 is 16.0 Å². The summed E-state index contributed by atoms with van der Waals surface area (Å²) in [5, 5.41) is 0. The molecule has 0 heterocycles. The summed E-state index contributed by atoms with van der Waals surface area (Å²) in [5.41, 5.74) is 2.44. The lowest BCUT2D eigenvalue weighted by molar-refractivity contribution is 0.0680. The third kappa shape index (κ3) is 6.16. The van der Waals surface area contributed by atoms with Gasteiger partial charge in [-0.05, 0) is 36.8 Å². The number of carbonyl (C=O) groups is 1. The molecule has 0 radical (unpaired) electrons. The molecule has 0 aliphatic rings. The van der Waals surface area contributed by atoms with Gasteiger partial charge in [0.1, 0.15) is 5.75 Å². The first kappa shape index (κ1) is 19.9. The number of aryl methyl sites for hydroxylation is 1. The zero-order valence-electron chi connectivity index (χ0n) is 15.1. The summed E-state index contributed by atoms with van der Waals surface area (Å²) in [6.45, 7) is 3.10. The van der Waals surface area contributed by atoms with Crippen LogP contribution in [-0.2, 0) is 21.4 Å². The van der Waals surface area contributed by atoms with Crippen LogP contribution in [0, 0.1) is 6.92 Å². The van der Waals surface area contributed by atoms with Crippen molar-refractivity contribution in [3.05, 3.63) is 65.2 Å². The molecule has 0 bridgehead atoms. The highest BCUT2D eigenvalue weighted by Crippen LogP contribution is 2.18. The van der Waals surface area contributed by atoms with Gasteiger partial charge >= 0.3 is 10.1 Å². The number of methoxy groups -OCH3 is 1. The highest BCUT2D eigenvalue weighted by atomic mass is 32.2. The van der Waals surface area contributed by atoms with Gasteiger partial charge in [-0.1, -0.05) is 29.8 Å². The van der Waals surface area contributed by atoms with E-state index in [0.717, 1.165) is 17.4 Å². The highest BCUT2D eigenvalue weighted by Gasteiger charge is 2.16. The van der Waals surface area contributed by atoms with Crippen LogP contribution in [0.2, 0.25) is 0 Å². The molecule has 2 aromatic carbocycles. The number of amides is 1. The summed E-state index contributed by atoms with van der Waals surface area (Å²) in [6, 6.07) is 14.1. The quantitative estimate of drug-likeness (QED) is 0.661. The van der Waals surface area contributed by atoms with Crippen molar-refractivity contribution in [2.24, 2.45) is 0 Å². The van der Waals surface area contributed by atoms with Crippen molar-refractivity contribution in [1.82, 2.24) is 4.90 Å². The molecular weight excluding hydrogens is 354 g/mol. The van der Waals surface area contributed by atoms with Crippen LogP contribution in [-0.4, -0.2) is 45.7 Å². The topological polar surface area (TPSA) is 72.9 Å². The maximum atomic E-state index is 12.8. The Balaban J connectivity index is 2.20. The van der Waals surface area contributed by atoms with Crippen molar-refractivity contribution in [1.29, 1.82) is 0 Å². The Morgan fingerprint density at radius 1 is 1.12 bits per heavy atom. The molecular formula is C19H23NO5S. The normalized spacial score (nSPS) is 11.2. The average molecular weight is 377 g/mol. The van der Waals surface area contributed by atoms with E-state index in [1.54, 1.807) is 42.3 Å². The lowest BCUT2D eigenvalue weighted by Crippen LogP contribution is -2.33. The smallest absolute Gasteiger partial charge is 0.306 e. The van der Waals surface area contributed by atoms with Crippen LogP contribution < -0.4 is 4.18 Å². The van der Waals surface area contributed by atoms with Crippen molar-refractivity contribution in [3.8, 4) is 5.75 Å². The third-order valence-electron chi connectivity index (χ3n) is 3.67. The van der Waals surface area contributed by atoms with E-state index in [1.165, 1.54) is 0 Å². The van der Waals surface area contributed by atoms with Crippen LogP contribution in [0.5, 0.6) is 5.75 Å². The molecule has 0 aliphatic heterocycles. The summed E-state index contributed by atoms with van der Waals surface area (Å²) in [4.78, 5) is 14.5. The summed E-state index contributed by atoms with van der Waals surface area (Å²) in [6.07, 6.45) is 0.992. The second-order valence-electron chi connectivity index (χ2n) is 6.02. The van der Waals surface area contributed by atoms with E-state index >= 15 is 0 Å². The van der Waals surface area contributed by atoms with Gasteiger partial charge in [-0.15, -0.1) is 0 Å². The molecule has 0 spiro atoms. The van der Waals surface area contributed by atoms with Crippen molar-refractivity contribution in [3.63, 3.8) is 0 Å². The average Bonchev–Trinajstić information content (AvgIpc) is 2.57. The van der Waals surface area contributed by atoms with Gasteiger partial charge in [0.25, 0.3) is 5.91 Å². The zero-order chi connectivity index (χ0) is 19.2. The lowest BCUT2D eigenvalue weighted by Gasteiger charge is -2.23. The fourth-order valence-corrected chi connectivity index (χ4v) is 2.88. The van der Waals surface area contributed by atoms with Crippen molar-refractivity contribution in [2.45, 2.75) is 13.5 Å². The Morgan fingerprint density at radius 2 is 1.81 bits per heavy atom. The number of nitrogens with zero attached hydrogens (tertiary/aromatic N) is 1. The lowest BCUT2D eigenvalue weighted by atomic mass is 10.1. The fourth-order valence-electron chi connectivity index (χ4n) is 2.42. The van der Waals surface area contributed by atoms with Crippen molar-refractivity contribution in [2.75, 3.05) is 26.5 Å². The number of hydrogen-bond donors (Lipinski definition) is 0. The maximum absolute atomic E-state index is 12.8. The Labute approximate surface area is 154 Å². The SMILES string of the molecule is COCCN(Cc1cccc(OS(C)(=O)=O)c1)C(=O)c1ccc(C)cc1. The predicted octanol–water partition coefficient (Wildman–Crippen LogP) is 2.62. The number of ether oxygens (including phenoxy) is 1. The van der Waals surface area contributed by atoms with E-state index in [4.69, 9.17) is 8.92 Å². The largest absolute Gasteiger partial charge is 0.383 e. The molecule has 0 saturated heterocycles. The van der Waals surface area contributed by atoms with Crippen LogP contribution in [0.3, 0.4) is 0 Å². The molecule has 0 unspecified atom stereocenters. The van der Waals surface area contributed by atoms with E-state index in [-0.39, 0.29) is 11.7 Å². The first-order valence-corrected chi connectivity index (χ1v) is 9.93. The van der Waals surface area contributed by atoms with Gasteiger partial charge in [-0.25, -0.2) is 0 Å². The van der Waals surface area contributed by atoms with Gasteiger partial charge in [-0.2, -0.15) is 8.42 Å². The summed E-state index contributed by atoms with van der Waals surface area (Å²) < 4.78 is 32.6. The van der Waals surface area contributed by atoms with Gasteiger partial charge in [-0.3, -0.25) is 4.79 Å². The highest BCUT2D eigenvalue weighted by molar-refractivity contribution is 7.86. The van der Waals surface area contributed by atoms with Gasteiger partial charge in [0.15, 0.2) is 0 Å². The minimum absolute atomic E-state index is 0.114. The molecule has 2 aromatic rings. The van der Waals surface area contributed by atoms with Crippen molar-refractivity contribution < 1.29 is 22.1 Å². The molecule has 140 valence electrons. The van der Waals surface area contributed by atoms with E-state index < -0.39 is 10.1 Å². The molecule has 6 nitrogen and oxygen atoms in total. The molecule has 7 heteroatoms. The number of benzene rings is 2. The Hall–Kier alpha value is -2.38. The minimum atomic E-state index is -3.60. The molecule has 0 saturated carbocycles. The van der Waals surface area contributed by atoms with Gasteiger partial charge in [0.2, 0.25) is 0 Å². The Kier molecular flexibility index (Phi) is 6.76. The summed E-state index contributed by atoms with van der Waals surface area (Å²) >= 11 is 0.